The first-order valence-corrected chi connectivity index (χ1v) is 13.0. The molecule has 1 aliphatic rings. The Labute approximate surface area is 182 Å². The number of rotatable bonds is 16. The number of benzene rings is 1. The Morgan fingerprint density at radius 3 is 1.83 bits per heavy atom. The highest BCUT2D eigenvalue weighted by Crippen LogP contribution is 2.34. The van der Waals surface area contributed by atoms with Gasteiger partial charge in [-0.05, 0) is 48.8 Å². The van der Waals surface area contributed by atoms with Gasteiger partial charge in [0.1, 0.15) is 5.75 Å². The topological polar surface area (TPSA) is 9.23 Å². The summed E-state index contributed by atoms with van der Waals surface area (Å²) in [6.07, 6.45) is 23.7. The van der Waals surface area contributed by atoms with Crippen LogP contribution in [0.2, 0.25) is 0 Å². The maximum Gasteiger partial charge on any atom is 0.119 e. The number of hydrogen-bond acceptors (Lipinski definition) is 1. The third-order valence-electron chi connectivity index (χ3n) is 6.95. The molecule has 0 heterocycles. The normalized spacial score (nSPS) is 19.4. The SMILES string of the molecule is CCCCCCCOc1ccc(CCCC[C@H]2CC[C@H](CCCCC)CC2)cc1. The van der Waals surface area contributed by atoms with Gasteiger partial charge in [0.15, 0.2) is 0 Å². The van der Waals surface area contributed by atoms with E-state index in [4.69, 9.17) is 4.74 Å². The second-order valence-corrected chi connectivity index (χ2v) is 9.53. The van der Waals surface area contributed by atoms with E-state index in [1.165, 1.54) is 115 Å². The van der Waals surface area contributed by atoms with Crippen molar-refractivity contribution in [2.75, 3.05) is 6.61 Å². The number of hydrogen-bond donors (Lipinski definition) is 0. The molecule has 0 spiro atoms. The van der Waals surface area contributed by atoms with Gasteiger partial charge in [0, 0.05) is 0 Å². The zero-order valence-corrected chi connectivity index (χ0v) is 19.6. The van der Waals surface area contributed by atoms with Crippen LogP contribution in [0.4, 0.5) is 0 Å². The Morgan fingerprint density at radius 1 is 0.655 bits per heavy atom. The molecule has 1 saturated carbocycles. The molecule has 0 saturated heterocycles. The summed E-state index contributed by atoms with van der Waals surface area (Å²) in [5, 5.41) is 0. The standard InChI is InChI=1S/C28H48O/c1-3-5-7-8-12-24-29-28-22-20-27(21-23-28)15-11-10-14-26-18-16-25(17-19-26)13-9-6-4-2/h20-23,25-26H,3-19,24H2,1-2H3/t25-,26-. The quantitative estimate of drug-likeness (QED) is 0.251. The largest absolute Gasteiger partial charge is 0.494 e. The Morgan fingerprint density at radius 2 is 1.21 bits per heavy atom. The minimum atomic E-state index is 0.865. The maximum absolute atomic E-state index is 5.89. The molecule has 1 aromatic rings. The first-order valence-electron chi connectivity index (χ1n) is 13.0. The fourth-order valence-corrected chi connectivity index (χ4v) is 4.90. The molecule has 0 amide bonds. The van der Waals surface area contributed by atoms with E-state index in [0.29, 0.717) is 0 Å². The Bertz CT molecular complexity index is 484. The number of ether oxygens (including phenoxy) is 1. The van der Waals surface area contributed by atoms with Crippen molar-refractivity contribution in [2.45, 2.75) is 123 Å². The lowest BCUT2D eigenvalue weighted by Crippen LogP contribution is -2.14. The molecule has 1 aliphatic carbocycles. The summed E-state index contributed by atoms with van der Waals surface area (Å²) in [5.74, 6) is 3.11. The van der Waals surface area contributed by atoms with Crippen LogP contribution in [0.25, 0.3) is 0 Å². The van der Waals surface area contributed by atoms with Crippen LogP contribution in [0.1, 0.15) is 122 Å². The van der Waals surface area contributed by atoms with E-state index >= 15 is 0 Å². The maximum atomic E-state index is 5.89. The molecule has 1 fully saturated rings. The summed E-state index contributed by atoms with van der Waals surface area (Å²) in [6, 6.07) is 8.88. The van der Waals surface area contributed by atoms with Gasteiger partial charge in [-0.3, -0.25) is 0 Å². The summed E-state index contributed by atoms with van der Waals surface area (Å²) in [4.78, 5) is 0. The summed E-state index contributed by atoms with van der Waals surface area (Å²) in [5.41, 5.74) is 1.47. The summed E-state index contributed by atoms with van der Waals surface area (Å²) < 4.78 is 5.89. The van der Waals surface area contributed by atoms with Crippen LogP contribution in [0.5, 0.6) is 5.75 Å². The average Bonchev–Trinajstić information content (AvgIpc) is 2.76. The fraction of sp³-hybridized carbons (Fsp3) is 0.786. The zero-order valence-electron chi connectivity index (χ0n) is 19.6. The molecule has 0 unspecified atom stereocenters. The molecule has 0 atom stereocenters. The minimum absolute atomic E-state index is 0.865. The third-order valence-corrected chi connectivity index (χ3v) is 6.95. The van der Waals surface area contributed by atoms with Gasteiger partial charge in [0.2, 0.25) is 0 Å². The lowest BCUT2D eigenvalue weighted by Gasteiger charge is -2.28. The van der Waals surface area contributed by atoms with Crippen molar-refractivity contribution in [1.29, 1.82) is 0 Å². The fourth-order valence-electron chi connectivity index (χ4n) is 4.90. The van der Waals surface area contributed by atoms with Crippen molar-refractivity contribution < 1.29 is 4.74 Å². The van der Waals surface area contributed by atoms with Crippen LogP contribution in [-0.2, 0) is 6.42 Å². The molecule has 1 nitrogen and oxygen atoms in total. The predicted octanol–water partition coefficient (Wildman–Crippen LogP) is 9.14. The van der Waals surface area contributed by atoms with E-state index in [2.05, 4.69) is 38.1 Å². The Hall–Kier alpha value is -0.980. The zero-order chi connectivity index (χ0) is 20.6. The van der Waals surface area contributed by atoms with E-state index in [9.17, 15) is 0 Å². The molecular formula is C28H48O. The number of unbranched alkanes of at least 4 members (excludes halogenated alkanes) is 7. The van der Waals surface area contributed by atoms with Crippen molar-refractivity contribution in [2.24, 2.45) is 11.8 Å². The molecule has 0 aliphatic heterocycles. The molecule has 29 heavy (non-hydrogen) atoms. The molecule has 0 bridgehead atoms. The monoisotopic (exact) mass is 400 g/mol. The highest BCUT2D eigenvalue weighted by atomic mass is 16.5. The summed E-state index contributed by atoms with van der Waals surface area (Å²) in [7, 11) is 0. The number of aryl methyl sites for hydroxylation is 1. The van der Waals surface area contributed by atoms with E-state index in [-0.39, 0.29) is 0 Å². The average molecular weight is 401 g/mol. The minimum Gasteiger partial charge on any atom is -0.494 e. The van der Waals surface area contributed by atoms with Gasteiger partial charge in [-0.15, -0.1) is 0 Å². The van der Waals surface area contributed by atoms with Gasteiger partial charge in [0.05, 0.1) is 6.61 Å². The molecule has 0 N–H and O–H groups in total. The highest BCUT2D eigenvalue weighted by molar-refractivity contribution is 5.27. The second-order valence-electron chi connectivity index (χ2n) is 9.53. The Balaban J connectivity index is 1.49. The molecule has 0 aromatic heterocycles. The van der Waals surface area contributed by atoms with Crippen molar-refractivity contribution in [3.05, 3.63) is 29.8 Å². The predicted molar refractivity (Wildman–Crippen MR) is 128 cm³/mol. The van der Waals surface area contributed by atoms with Gasteiger partial charge >= 0.3 is 0 Å². The van der Waals surface area contributed by atoms with Crippen LogP contribution >= 0.6 is 0 Å². The highest BCUT2D eigenvalue weighted by Gasteiger charge is 2.20. The van der Waals surface area contributed by atoms with Gasteiger partial charge in [-0.2, -0.15) is 0 Å². The molecule has 0 radical (unpaired) electrons. The van der Waals surface area contributed by atoms with E-state index in [1.807, 2.05) is 0 Å². The third kappa shape index (κ3) is 11.1. The second kappa shape index (κ2) is 15.8. The summed E-state index contributed by atoms with van der Waals surface area (Å²) in [6.45, 7) is 5.44. The van der Waals surface area contributed by atoms with Crippen molar-refractivity contribution in [3.63, 3.8) is 0 Å². The molecule has 1 aromatic carbocycles. The van der Waals surface area contributed by atoms with Gasteiger partial charge in [0.25, 0.3) is 0 Å². The van der Waals surface area contributed by atoms with E-state index in [0.717, 1.165) is 24.2 Å². The van der Waals surface area contributed by atoms with Gasteiger partial charge in [-0.1, -0.05) is 116 Å². The lowest BCUT2D eigenvalue weighted by atomic mass is 9.78. The molecular weight excluding hydrogens is 352 g/mol. The molecule has 2 rings (SSSR count). The van der Waals surface area contributed by atoms with Crippen molar-refractivity contribution >= 4 is 0 Å². The first-order chi connectivity index (χ1) is 14.3. The van der Waals surface area contributed by atoms with Crippen LogP contribution < -0.4 is 4.74 Å². The van der Waals surface area contributed by atoms with Crippen molar-refractivity contribution in [1.82, 2.24) is 0 Å². The summed E-state index contributed by atoms with van der Waals surface area (Å²) >= 11 is 0. The van der Waals surface area contributed by atoms with Gasteiger partial charge in [-0.25, -0.2) is 0 Å². The van der Waals surface area contributed by atoms with E-state index < -0.39 is 0 Å². The van der Waals surface area contributed by atoms with Crippen LogP contribution in [0, 0.1) is 11.8 Å². The first kappa shape index (κ1) is 24.3. The molecule has 166 valence electrons. The smallest absolute Gasteiger partial charge is 0.119 e. The van der Waals surface area contributed by atoms with Crippen LogP contribution in [-0.4, -0.2) is 6.61 Å². The lowest BCUT2D eigenvalue weighted by molar-refractivity contribution is 0.245. The molecule has 1 heteroatoms. The van der Waals surface area contributed by atoms with E-state index in [1.54, 1.807) is 0 Å². The van der Waals surface area contributed by atoms with Crippen LogP contribution in [0.3, 0.4) is 0 Å². The van der Waals surface area contributed by atoms with Crippen molar-refractivity contribution in [3.8, 4) is 5.75 Å². The van der Waals surface area contributed by atoms with Crippen LogP contribution in [0.15, 0.2) is 24.3 Å². The Kier molecular flexibility index (Phi) is 13.2. The van der Waals surface area contributed by atoms with Gasteiger partial charge < -0.3 is 4.74 Å².